The van der Waals surface area contributed by atoms with Crippen LogP contribution in [0.3, 0.4) is 0 Å². The summed E-state index contributed by atoms with van der Waals surface area (Å²) in [5.74, 6) is 0.403. The Balaban J connectivity index is 2.51. The van der Waals surface area contributed by atoms with Crippen LogP contribution in [-0.2, 0) is 16.7 Å². The summed E-state index contributed by atoms with van der Waals surface area (Å²) in [7, 11) is -0.891. The van der Waals surface area contributed by atoms with Gasteiger partial charge in [-0.15, -0.1) is 5.10 Å². The fourth-order valence-corrected chi connectivity index (χ4v) is 1.72. The minimum atomic E-state index is -0.891. The normalized spacial score (nSPS) is 13.3. The van der Waals surface area contributed by atoms with Crippen LogP contribution in [0.1, 0.15) is 0 Å². The zero-order valence-corrected chi connectivity index (χ0v) is 7.99. The summed E-state index contributed by atoms with van der Waals surface area (Å²) in [6, 6.07) is 7.63. The molecule has 0 bridgehead atoms. The Kier molecular flexibility index (Phi) is 2.10. The Morgan fingerprint density at radius 2 is 2.23 bits per heavy atom. The van der Waals surface area contributed by atoms with E-state index in [9.17, 15) is 4.21 Å². The summed E-state index contributed by atoms with van der Waals surface area (Å²) in [6.45, 7) is 0. The fourth-order valence-electron chi connectivity index (χ4n) is 1.18. The van der Waals surface area contributed by atoms with E-state index in [0.717, 1.165) is 11.0 Å². The summed E-state index contributed by atoms with van der Waals surface area (Å²) in [6.07, 6.45) is 1.65. The van der Waals surface area contributed by atoms with E-state index in [1.54, 1.807) is 10.9 Å². The third-order valence-corrected chi connectivity index (χ3v) is 2.33. The smallest absolute Gasteiger partial charge is 0.118 e. The maximum Gasteiger partial charge on any atom is 0.118 e. The van der Waals surface area contributed by atoms with E-state index >= 15 is 0 Å². The van der Waals surface area contributed by atoms with Crippen molar-refractivity contribution in [2.75, 3.05) is 6.26 Å². The predicted octanol–water partition coefficient (Wildman–Crippen LogP) is 0.767. The first-order valence-corrected chi connectivity index (χ1v) is 5.58. The summed E-state index contributed by atoms with van der Waals surface area (Å²) in [5.41, 5.74) is 1.77. The lowest BCUT2D eigenvalue weighted by Crippen LogP contribution is -2.04. The highest BCUT2D eigenvalue weighted by molar-refractivity contribution is 7.83. The van der Waals surface area contributed by atoms with E-state index in [0.29, 0.717) is 5.88 Å². The van der Waals surface area contributed by atoms with Crippen molar-refractivity contribution in [2.45, 2.75) is 5.88 Å². The van der Waals surface area contributed by atoms with Crippen molar-refractivity contribution in [3.8, 4) is 0 Å². The Morgan fingerprint density at radius 3 is 3.00 bits per heavy atom. The summed E-state index contributed by atoms with van der Waals surface area (Å²) >= 11 is 0. The molecule has 13 heavy (non-hydrogen) atoms. The van der Waals surface area contributed by atoms with Crippen LogP contribution in [0.4, 0.5) is 0 Å². The van der Waals surface area contributed by atoms with Crippen LogP contribution in [0.2, 0.25) is 0 Å². The van der Waals surface area contributed by atoms with Crippen LogP contribution in [0.25, 0.3) is 11.0 Å². The number of rotatable bonds is 2. The molecule has 1 aromatic carbocycles. The van der Waals surface area contributed by atoms with Crippen LogP contribution in [0.5, 0.6) is 0 Å². The molecule has 0 N–H and O–H groups in total. The van der Waals surface area contributed by atoms with Gasteiger partial charge in [-0.1, -0.05) is 17.3 Å². The number of hydrogen-bond acceptors (Lipinski definition) is 3. The van der Waals surface area contributed by atoms with E-state index < -0.39 is 10.8 Å². The summed E-state index contributed by atoms with van der Waals surface area (Å²) in [4.78, 5) is 0. The minimum absolute atomic E-state index is 0.403. The average Bonchev–Trinajstić information content (AvgIpc) is 2.48. The first-order valence-electron chi connectivity index (χ1n) is 3.85. The lowest BCUT2D eigenvalue weighted by molar-refractivity contribution is 0.658. The molecule has 0 aliphatic rings. The van der Waals surface area contributed by atoms with Crippen molar-refractivity contribution in [1.82, 2.24) is 15.0 Å². The molecule has 0 saturated carbocycles. The highest BCUT2D eigenvalue weighted by atomic mass is 32.2. The molecule has 0 aliphatic carbocycles. The average molecular weight is 195 g/mol. The molecule has 1 heterocycles. The Labute approximate surface area is 78.0 Å². The van der Waals surface area contributed by atoms with Gasteiger partial charge in [-0.25, -0.2) is 4.68 Å². The molecule has 2 rings (SSSR count). The Morgan fingerprint density at radius 1 is 1.46 bits per heavy atom. The number of benzene rings is 1. The van der Waals surface area contributed by atoms with Crippen molar-refractivity contribution in [3.05, 3.63) is 24.3 Å². The third-order valence-electron chi connectivity index (χ3n) is 1.72. The number of hydrogen-bond donors (Lipinski definition) is 0. The Bertz CT molecular complexity index is 451. The second-order valence-corrected chi connectivity index (χ2v) is 4.18. The molecule has 0 radical (unpaired) electrons. The van der Waals surface area contributed by atoms with Crippen molar-refractivity contribution < 1.29 is 4.21 Å². The van der Waals surface area contributed by atoms with Gasteiger partial charge in [0.2, 0.25) is 0 Å². The van der Waals surface area contributed by atoms with Gasteiger partial charge in [0.05, 0.1) is 5.52 Å². The first-order chi connectivity index (χ1) is 6.27. The van der Waals surface area contributed by atoms with Crippen LogP contribution in [0.15, 0.2) is 24.3 Å². The van der Waals surface area contributed by atoms with Crippen LogP contribution >= 0.6 is 0 Å². The van der Waals surface area contributed by atoms with Crippen molar-refractivity contribution in [3.63, 3.8) is 0 Å². The van der Waals surface area contributed by atoms with E-state index in [2.05, 4.69) is 10.3 Å². The van der Waals surface area contributed by atoms with E-state index in [1.165, 1.54) is 0 Å². The SMILES string of the molecule is C[S@](=O)Cn1nnc2ccccc21. The molecule has 5 heteroatoms. The number of fused-ring (bicyclic) bond motifs is 1. The van der Waals surface area contributed by atoms with E-state index in [4.69, 9.17) is 0 Å². The zero-order chi connectivity index (χ0) is 9.26. The highest BCUT2D eigenvalue weighted by Gasteiger charge is 2.03. The van der Waals surface area contributed by atoms with Gasteiger partial charge >= 0.3 is 0 Å². The Hall–Kier alpha value is -1.23. The number of nitrogens with zero attached hydrogens (tertiary/aromatic N) is 3. The van der Waals surface area contributed by atoms with Gasteiger partial charge in [0, 0.05) is 17.1 Å². The molecule has 1 aromatic heterocycles. The highest BCUT2D eigenvalue weighted by Crippen LogP contribution is 2.09. The predicted molar refractivity (Wildman–Crippen MR) is 51.6 cm³/mol. The van der Waals surface area contributed by atoms with Gasteiger partial charge in [0.15, 0.2) is 0 Å². The molecule has 1 atom stereocenters. The molecule has 4 nitrogen and oxygen atoms in total. The largest absolute Gasteiger partial charge is 0.258 e. The van der Waals surface area contributed by atoms with Gasteiger partial charge in [0.25, 0.3) is 0 Å². The monoisotopic (exact) mass is 195 g/mol. The zero-order valence-electron chi connectivity index (χ0n) is 7.17. The molecule has 2 aromatic rings. The van der Waals surface area contributed by atoms with Crippen molar-refractivity contribution >= 4 is 21.8 Å². The molecular weight excluding hydrogens is 186 g/mol. The molecular formula is C8H9N3OS. The molecule has 0 fully saturated rings. The van der Waals surface area contributed by atoms with Crippen LogP contribution < -0.4 is 0 Å². The molecule has 0 saturated heterocycles. The summed E-state index contributed by atoms with van der Waals surface area (Å²) < 4.78 is 12.6. The molecule has 0 spiro atoms. The standard InChI is InChI=1S/C8H9N3OS/c1-13(12)6-11-8-5-3-2-4-7(8)9-10-11/h2-5H,6H2,1H3/t13-/m0/s1. The molecule has 0 unspecified atom stereocenters. The van der Waals surface area contributed by atoms with Gasteiger partial charge in [-0.05, 0) is 12.1 Å². The van der Waals surface area contributed by atoms with Crippen LogP contribution in [-0.4, -0.2) is 25.5 Å². The third kappa shape index (κ3) is 1.60. The topological polar surface area (TPSA) is 47.8 Å². The van der Waals surface area contributed by atoms with E-state index in [-0.39, 0.29) is 0 Å². The lowest BCUT2D eigenvalue weighted by Gasteiger charge is -1.96. The second kappa shape index (κ2) is 3.26. The number of para-hydroxylation sites is 1. The second-order valence-electron chi connectivity index (χ2n) is 2.78. The van der Waals surface area contributed by atoms with Gasteiger partial charge in [-0.2, -0.15) is 0 Å². The van der Waals surface area contributed by atoms with Crippen molar-refractivity contribution in [1.29, 1.82) is 0 Å². The maximum atomic E-state index is 11.0. The maximum absolute atomic E-state index is 11.0. The van der Waals surface area contributed by atoms with E-state index in [1.807, 2.05) is 24.3 Å². The molecule has 0 aliphatic heterocycles. The lowest BCUT2D eigenvalue weighted by atomic mass is 10.3. The van der Waals surface area contributed by atoms with Gasteiger partial charge < -0.3 is 0 Å². The van der Waals surface area contributed by atoms with Crippen LogP contribution in [0, 0.1) is 0 Å². The van der Waals surface area contributed by atoms with Gasteiger partial charge in [-0.3, -0.25) is 4.21 Å². The molecule has 0 amide bonds. The van der Waals surface area contributed by atoms with Gasteiger partial charge in [0.1, 0.15) is 11.4 Å². The molecule has 68 valence electrons. The number of aromatic nitrogens is 3. The minimum Gasteiger partial charge on any atom is -0.258 e. The summed E-state index contributed by atoms with van der Waals surface area (Å²) in [5, 5.41) is 7.86. The fraction of sp³-hybridized carbons (Fsp3) is 0.250. The van der Waals surface area contributed by atoms with Crippen molar-refractivity contribution in [2.24, 2.45) is 0 Å². The quantitative estimate of drug-likeness (QED) is 0.711. The first kappa shape index (κ1) is 8.37.